The van der Waals surface area contributed by atoms with E-state index in [0.717, 1.165) is 12.8 Å². The fourth-order valence-electron chi connectivity index (χ4n) is 0.650. The average Bonchev–Trinajstić information content (AvgIpc) is 2.09. The minimum atomic E-state index is -0.300. The standard InChI is InChI=1S/C11H16O2/c1-3-4-5-6-7-8-9-10-13-11(2)12/h5-10H,3-4H2,1-2H3. The summed E-state index contributed by atoms with van der Waals surface area (Å²) in [4.78, 5) is 10.3. The molecular weight excluding hydrogens is 164 g/mol. The summed E-state index contributed by atoms with van der Waals surface area (Å²) in [7, 11) is 0. The maximum absolute atomic E-state index is 10.3. The third-order valence-corrected chi connectivity index (χ3v) is 1.24. The molecule has 0 aromatic heterocycles. The number of hydrogen-bond donors (Lipinski definition) is 0. The smallest absolute Gasteiger partial charge is 0.307 e. The molecule has 0 spiro atoms. The van der Waals surface area contributed by atoms with Crippen molar-refractivity contribution in [3.63, 3.8) is 0 Å². The Kier molecular flexibility index (Phi) is 7.90. The Morgan fingerprint density at radius 3 is 2.54 bits per heavy atom. The lowest BCUT2D eigenvalue weighted by atomic mass is 10.3. The van der Waals surface area contributed by atoms with Crippen molar-refractivity contribution in [2.75, 3.05) is 0 Å². The molecule has 0 aliphatic heterocycles. The number of hydrogen-bond acceptors (Lipinski definition) is 2. The molecule has 0 aromatic rings. The van der Waals surface area contributed by atoms with Crippen LogP contribution in [0.2, 0.25) is 0 Å². The summed E-state index contributed by atoms with van der Waals surface area (Å²) in [5, 5.41) is 0. The third-order valence-electron chi connectivity index (χ3n) is 1.24. The van der Waals surface area contributed by atoms with Crippen molar-refractivity contribution >= 4 is 5.97 Å². The highest BCUT2D eigenvalue weighted by atomic mass is 16.5. The number of carbonyl (C=O) groups is 1. The molecule has 0 N–H and O–H groups in total. The van der Waals surface area contributed by atoms with Gasteiger partial charge in [-0.15, -0.1) is 0 Å². The summed E-state index contributed by atoms with van der Waals surface area (Å²) in [6, 6.07) is 0. The van der Waals surface area contributed by atoms with Crippen LogP contribution in [0.3, 0.4) is 0 Å². The molecule has 0 aromatic carbocycles. The molecule has 2 nitrogen and oxygen atoms in total. The lowest BCUT2D eigenvalue weighted by Crippen LogP contribution is -1.88. The first kappa shape index (κ1) is 11.7. The van der Waals surface area contributed by atoms with Crippen LogP contribution in [-0.4, -0.2) is 5.97 Å². The second-order valence-electron chi connectivity index (χ2n) is 2.54. The Labute approximate surface area is 79.6 Å². The molecule has 0 saturated carbocycles. The maximum atomic E-state index is 10.3. The number of carbonyl (C=O) groups excluding carboxylic acids is 1. The van der Waals surface area contributed by atoms with Gasteiger partial charge in [-0.05, 0) is 12.5 Å². The van der Waals surface area contributed by atoms with E-state index >= 15 is 0 Å². The van der Waals surface area contributed by atoms with Crippen LogP contribution in [0.5, 0.6) is 0 Å². The molecule has 0 unspecified atom stereocenters. The van der Waals surface area contributed by atoms with Crippen molar-refractivity contribution in [3.05, 3.63) is 36.6 Å². The van der Waals surface area contributed by atoms with Gasteiger partial charge in [0.15, 0.2) is 0 Å². The molecule has 0 radical (unpaired) electrons. The van der Waals surface area contributed by atoms with Gasteiger partial charge in [-0.3, -0.25) is 4.79 Å². The van der Waals surface area contributed by atoms with Crippen molar-refractivity contribution in [3.8, 4) is 0 Å². The molecule has 0 rings (SSSR count). The van der Waals surface area contributed by atoms with Crippen molar-refractivity contribution < 1.29 is 9.53 Å². The first-order chi connectivity index (χ1) is 6.27. The van der Waals surface area contributed by atoms with Gasteiger partial charge in [0.2, 0.25) is 0 Å². The molecule has 13 heavy (non-hydrogen) atoms. The van der Waals surface area contributed by atoms with Crippen LogP contribution in [0, 0.1) is 0 Å². The van der Waals surface area contributed by atoms with Crippen LogP contribution in [-0.2, 0) is 9.53 Å². The summed E-state index contributed by atoms with van der Waals surface area (Å²) in [5.74, 6) is -0.300. The molecule has 2 heteroatoms. The Hall–Kier alpha value is -1.31. The summed E-state index contributed by atoms with van der Waals surface area (Å²) < 4.78 is 4.57. The van der Waals surface area contributed by atoms with Gasteiger partial charge in [0.05, 0.1) is 6.26 Å². The zero-order valence-corrected chi connectivity index (χ0v) is 8.19. The first-order valence-corrected chi connectivity index (χ1v) is 4.43. The topological polar surface area (TPSA) is 26.3 Å². The fraction of sp³-hybridized carbons (Fsp3) is 0.364. The normalized spacial score (nSPS) is 11.8. The minimum absolute atomic E-state index is 0.300. The van der Waals surface area contributed by atoms with E-state index in [1.54, 1.807) is 6.08 Å². The van der Waals surface area contributed by atoms with E-state index in [0.29, 0.717) is 0 Å². The molecule has 0 bridgehead atoms. The summed E-state index contributed by atoms with van der Waals surface area (Å²) in [6.45, 7) is 3.50. The number of ether oxygens (including phenoxy) is 1. The molecular formula is C11H16O2. The lowest BCUT2D eigenvalue weighted by Gasteiger charge is -1.86. The maximum Gasteiger partial charge on any atom is 0.307 e. The van der Waals surface area contributed by atoms with Crippen LogP contribution in [0.4, 0.5) is 0 Å². The second-order valence-corrected chi connectivity index (χ2v) is 2.54. The van der Waals surface area contributed by atoms with E-state index in [1.807, 2.05) is 18.2 Å². The Bertz CT molecular complexity index is 212. The van der Waals surface area contributed by atoms with Gasteiger partial charge in [-0.25, -0.2) is 0 Å². The Balaban J connectivity index is 3.50. The molecule has 0 atom stereocenters. The molecule has 0 aliphatic rings. The molecule has 0 heterocycles. The minimum Gasteiger partial charge on any atom is -0.435 e. The van der Waals surface area contributed by atoms with E-state index in [2.05, 4.69) is 17.7 Å². The lowest BCUT2D eigenvalue weighted by molar-refractivity contribution is -0.135. The zero-order valence-electron chi connectivity index (χ0n) is 8.19. The molecule has 0 fully saturated rings. The van der Waals surface area contributed by atoms with Gasteiger partial charge in [0, 0.05) is 6.92 Å². The monoisotopic (exact) mass is 180 g/mol. The van der Waals surface area contributed by atoms with Crippen LogP contribution in [0.15, 0.2) is 36.6 Å². The highest BCUT2D eigenvalue weighted by Gasteiger charge is 1.81. The molecule has 0 saturated heterocycles. The van der Waals surface area contributed by atoms with Gasteiger partial charge < -0.3 is 4.74 Å². The van der Waals surface area contributed by atoms with E-state index < -0.39 is 0 Å². The van der Waals surface area contributed by atoms with Crippen molar-refractivity contribution in [2.45, 2.75) is 26.7 Å². The number of esters is 1. The van der Waals surface area contributed by atoms with E-state index in [1.165, 1.54) is 13.2 Å². The van der Waals surface area contributed by atoms with E-state index in [4.69, 9.17) is 0 Å². The Morgan fingerprint density at radius 2 is 1.92 bits per heavy atom. The molecule has 0 amide bonds. The predicted octanol–water partition coefficient (Wildman–Crippen LogP) is 2.98. The van der Waals surface area contributed by atoms with Crippen molar-refractivity contribution in [1.82, 2.24) is 0 Å². The summed E-state index contributed by atoms with van der Waals surface area (Å²) >= 11 is 0. The van der Waals surface area contributed by atoms with Gasteiger partial charge in [0.1, 0.15) is 0 Å². The van der Waals surface area contributed by atoms with Crippen molar-refractivity contribution in [2.24, 2.45) is 0 Å². The van der Waals surface area contributed by atoms with Crippen LogP contribution in [0.25, 0.3) is 0 Å². The quantitative estimate of drug-likeness (QED) is 0.369. The Morgan fingerprint density at radius 1 is 1.23 bits per heavy atom. The van der Waals surface area contributed by atoms with Gasteiger partial charge in [-0.1, -0.05) is 37.6 Å². The molecule has 0 aliphatic carbocycles. The van der Waals surface area contributed by atoms with Crippen LogP contribution >= 0.6 is 0 Å². The van der Waals surface area contributed by atoms with Gasteiger partial charge in [-0.2, -0.15) is 0 Å². The van der Waals surface area contributed by atoms with Gasteiger partial charge in [0.25, 0.3) is 0 Å². The summed E-state index contributed by atoms with van der Waals surface area (Å²) in [6.07, 6.45) is 13.1. The first-order valence-electron chi connectivity index (χ1n) is 4.43. The summed E-state index contributed by atoms with van der Waals surface area (Å²) in [5.41, 5.74) is 0. The SMILES string of the molecule is CCCC=CC=CC=COC(C)=O. The number of unbranched alkanes of at least 4 members (excludes halogenated alkanes) is 1. The third kappa shape index (κ3) is 10.7. The predicted molar refractivity (Wildman–Crippen MR) is 54.1 cm³/mol. The highest BCUT2D eigenvalue weighted by molar-refractivity contribution is 5.66. The number of rotatable bonds is 5. The van der Waals surface area contributed by atoms with E-state index in [-0.39, 0.29) is 5.97 Å². The van der Waals surface area contributed by atoms with Crippen molar-refractivity contribution in [1.29, 1.82) is 0 Å². The zero-order chi connectivity index (χ0) is 9.94. The van der Waals surface area contributed by atoms with Crippen LogP contribution < -0.4 is 0 Å². The van der Waals surface area contributed by atoms with Crippen LogP contribution in [0.1, 0.15) is 26.7 Å². The van der Waals surface area contributed by atoms with Gasteiger partial charge >= 0.3 is 5.97 Å². The largest absolute Gasteiger partial charge is 0.435 e. The fourth-order valence-corrected chi connectivity index (χ4v) is 0.650. The highest BCUT2D eigenvalue weighted by Crippen LogP contribution is 1.89. The number of allylic oxidation sites excluding steroid dienone is 5. The second kappa shape index (κ2) is 8.78. The average molecular weight is 180 g/mol. The van der Waals surface area contributed by atoms with E-state index in [9.17, 15) is 4.79 Å². The molecule has 72 valence electrons.